The van der Waals surface area contributed by atoms with Gasteiger partial charge >= 0.3 is 0 Å². The van der Waals surface area contributed by atoms with E-state index in [4.69, 9.17) is 9.47 Å². The van der Waals surface area contributed by atoms with Crippen LogP contribution in [-0.2, 0) is 32.6 Å². The van der Waals surface area contributed by atoms with Gasteiger partial charge in [-0.25, -0.2) is 16.8 Å². The van der Waals surface area contributed by atoms with Crippen molar-refractivity contribution in [1.82, 2.24) is 4.90 Å². The van der Waals surface area contributed by atoms with E-state index in [-0.39, 0.29) is 16.4 Å². The second-order valence-corrected chi connectivity index (χ2v) is 12.1. The first-order valence-corrected chi connectivity index (χ1v) is 13.1. The van der Waals surface area contributed by atoms with E-state index in [1.807, 2.05) is 17.0 Å². The van der Waals surface area contributed by atoms with Crippen molar-refractivity contribution in [1.29, 1.82) is 0 Å². The lowest BCUT2D eigenvalue weighted by Gasteiger charge is -2.36. The fraction of sp³-hybridized carbons (Fsp3) is 0.429. The molecular weight excluding hydrogens is 426 g/mol. The molecule has 2 aliphatic heterocycles. The van der Waals surface area contributed by atoms with Crippen molar-refractivity contribution in [2.24, 2.45) is 0 Å². The number of nitrogens with zero attached hydrogens (tertiary/aromatic N) is 1. The molecule has 2 aromatic rings. The Bertz CT molecular complexity index is 1150. The molecule has 0 spiro atoms. The standard InChI is InChI=1S/C21H25NO6S2/c1-27-19-10-15-8-9-22(12-16(15)11-20(19)28-2)18-13-29(23,24)14-21(18)30(25,26)17-6-4-3-5-7-17/h3-7,10-11,18,21H,8-9,12-14H2,1-2H3. The molecule has 162 valence electrons. The lowest BCUT2D eigenvalue weighted by molar-refractivity contribution is 0.195. The molecule has 0 radical (unpaired) electrons. The smallest absolute Gasteiger partial charge is 0.183 e. The molecule has 0 aliphatic carbocycles. The number of hydrogen-bond donors (Lipinski definition) is 0. The number of rotatable bonds is 5. The van der Waals surface area contributed by atoms with E-state index < -0.39 is 31.0 Å². The van der Waals surface area contributed by atoms with Crippen molar-refractivity contribution < 1.29 is 26.3 Å². The Balaban J connectivity index is 1.67. The van der Waals surface area contributed by atoms with Crippen molar-refractivity contribution in [3.8, 4) is 11.5 Å². The maximum absolute atomic E-state index is 13.3. The summed E-state index contributed by atoms with van der Waals surface area (Å²) in [6, 6.07) is 11.4. The maximum Gasteiger partial charge on any atom is 0.183 e. The first kappa shape index (κ1) is 21.1. The molecule has 0 saturated carbocycles. The summed E-state index contributed by atoms with van der Waals surface area (Å²) in [5.41, 5.74) is 2.10. The van der Waals surface area contributed by atoms with Crippen LogP contribution in [0.3, 0.4) is 0 Å². The van der Waals surface area contributed by atoms with Crippen LogP contribution in [0, 0.1) is 0 Å². The quantitative estimate of drug-likeness (QED) is 0.683. The molecule has 2 heterocycles. The van der Waals surface area contributed by atoms with Crippen molar-refractivity contribution in [3.63, 3.8) is 0 Å². The van der Waals surface area contributed by atoms with Gasteiger partial charge in [0.2, 0.25) is 0 Å². The molecule has 2 atom stereocenters. The van der Waals surface area contributed by atoms with Crippen molar-refractivity contribution >= 4 is 19.7 Å². The van der Waals surface area contributed by atoms with Crippen LogP contribution >= 0.6 is 0 Å². The second-order valence-electron chi connectivity index (χ2n) is 7.74. The number of hydrogen-bond acceptors (Lipinski definition) is 7. The molecule has 2 aromatic carbocycles. The highest BCUT2D eigenvalue weighted by atomic mass is 32.2. The lowest BCUT2D eigenvalue weighted by Crippen LogP contribution is -2.48. The molecule has 0 amide bonds. The zero-order chi connectivity index (χ0) is 21.5. The van der Waals surface area contributed by atoms with Gasteiger partial charge in [0.25, 0.3) is 0 Å². The third-order valence-corrected chi connectivity index (χ3v) is 10.1. The Morgan fingerprint density at radius 2 is 1.60 bits per heavy atom. The van der Waals surface area contributed by atoms with Gasteiger partial charge in [0.05, 0.1) is 35.9 Å². The third kappa shape index (κ3) is 3.81. The van der Waals surface area contributed by atoms with Crippen LogP contribution in [0.1, 0.15) is 11.1 Å². The summed E-state index contributed by atoms with van der Waals surface area (Å²) in [6.45, 7) is 1.06. The number of ether oxygens (including phenoxy) is 2. The Hall–Kier alpha value is -2.10. The van der Waals surface area contributed by atoms with Gasteiger partial charge in [-0.1, -0.05) is 18.2 Å². The minimum Gasteiger partial charge on any atom is -0.493 e. The van der Waals surface area contributed by atoms with Crippen LogP contribution in [-0.4, -0.2) is 65.3 Å². The van der Waals surface area contributed by atoms with E-state index in [1.165, 1.54) is 12.1 Å². The van der Waals surface area contributed by atoms with E-state index in [2.05, 4.69) is 0 Å². The number of fused-ring (bicyclic) bond motifs is 1. The summed E-state index contributed by atoms with van der Waals surface area (Å²) >= 11 is 0. The van der Waals surface area contributed by atoms with Gasteiger partial charge in [0.15, 0.2) is 31.2 Å². The number of benzene rings is 2. The molecule has 0 bridgehead atoms. The molecule has 7 nitrogen and oxygen atoms in total. The fourth-order valence-corrected chi connectivity index (χ4v) is 9.26. The predicted molar refractivity (Wildman–Crippen MR) is 114 cm³/mol. The molecule has 0 N–H and O–H groups in total. The summed E-state index contributed by atoms with van der Waals surface area (Å²) in [5, 5.41) is -0.980. The van der Waals surface area contributed by atoms with Crippen LogP contribution in [0.15, 0.2) is 47.4 Å². The van der Waals surface area contributed by atoms with Gasteiger partial charge < -0.3 is 9.47 Å². The zero-order valence-electron chi connectivity index (χ0n) is 16.9. The minimum atomic E-state index is -3.77. The highest BCUT2D eigenvalue weighted by molar-refractivity contribution is 7.96. The van der Waals surface area contributed by atoms with Gasteiger partial charge in [-0.05, 0) is 41.8 Å². The van der Waals surface area contributed by atoms with E-state index in [0.717, 1.165) is 11.1 Å². The highest BCUT2D eigenvalue weighted by Crippen LogP contribution is 2.36. The molecule has 9 heteroatoms. The second kappa shape index (κ2) is 7.86. The Morgan fingerprint density at radius 1 is 0.967 bits per heavy atom. The SMILES string of the molecule is COc1cc2c(cc1OC)CN(C1CS(=O)(=O)CC1S(=O)(=O)c1ccccc1)CC2. The fourth-order valence-electron chi connectivity index (χ4n) is 4.41. The van der Waals surface area contributed by atoms with E-state index in [1.54, 1.807) is 32.4 Å². The molecule has 0 aromatic heterocycles. The minimum absolute atomic E-state index is 0.146. The van der Waals surface area contributed by atoms with Crippen LogP contribution in [0.25, 0.3) is 0 Å². The van der Waals surface area contributed by atoms with Crippen molar-refractivity contribution in [2.45, 2.75) is 29.2 Å². The molecule has 30 heavy (non-hydrogen) atoms. The monoisotopic (exact) mass is 451 g/mol. The van der Waals surface area contributed by atoms with Gasteiger partial charge in [-0.3, -0.25) is 4.90 Å². The molecule has 2 unspecified atom stereocenters. The Labute approximate surface area is 177 Å². The highest BCUT2D eigenvalue weighted by Gasteiger charge is 2.48. The summed E-state index contributed by atoms with van der Waals surface area (Å²) in [7, 11) is -4.07. The number of sulfone groups is 2. The molecular formula is C21H25NO6S2. The third-order valence-electron chi connectivity index (χ3n) is 5.96. The van der Waals surface area contributed by atoms with Crippen molar-refractivity contribution in [3.05, 3.63) is 53.6 Å². The van der Waals surface area contributed by atoms with Crippen LogP contribution in [0.2, 0.25) is 0 Å². The molecule has 1 saturated heterocycles. The average Bonchev–Trinajstić information content (AvgIpc) is 3.09. The van der Waals surface area contributed by atoms with Crippen LogP contribution in [0.4, 0.5) is 0 Å². The first-order chi connectivity index (χ1) is 14.2. The van der Waals surface area contributed by atoms with Crippen molar-refractivity contribution in [2.75, 3.05) is 32.3 Å². The topological polar surface area (TPSA) is 90.0 Å². The normalized spacial score (nSPS) is 23.7. The largest absolute Gasteiger partial charge is 0.493 e. The Morgan fingerprint density at radius 3 is 2.23 bits per heavy atom. The molecule has 1 fully saturated rings. The van der Waals surface area contributed by atoms with Gasteiger partial charge in [-0.2, -0.15) is 0 Å². The lowest BCUT2D eigenvalue weighted by atomic mass is 9.97. The van der Waals surface area contributed by atoms with Gasteiger partial charge in [-0.15, -0.1) is 0 Å². The van der Waals surface area contributed by atoms with E-state index in [9.17, 15) is 16.8 Å². The van der Waals surface area contributed by atoms with E-state index >= 15 is 0 Å². The number of methoxy groups -OCH3 is 2. The first-order valence-electron chi connectivity index (χ1n) is 9.72. The molecule has 2 aliphatic rings. The zero-order valence-corrected chi connectivity index (χ0v) is 18.6. The van der Waals surface area contributed by atoms with Gasteiger partial charge in [0.1, 0.15) is 0 Å². The summed E-state index contributed by atoms with van der Waals surface area (Å²) in [4.78, 5) is 2.16. The average molecular weight is 452 g/mol. The summed E-state index contributed by atoms with van der Waals surface area (Å²) in [6.07, 6.45) is 0.685. The molecule has 4 rings (SSSR count). The van der Waals surface area contributed by atoms with Crippen LogP contribution < -0.4 is 9.47 Å². The summed E-state index contributed by atoms with van der Waals surface area (Å²) < 4.78 is 62.3. The van der Waals surface area contributed by atoms with E-state index in [0.29, 0.717) is 31.0 Å². The summed E-state index contributed by atoms with van der Waals surface area (Å²) in [5.74, 6) is 0.763. The van der Waals surface area contributed by atoms with Crippen LogP contribution in [0.5, 0.6) is 11.5 Å². The maximum atomic E-state index is 13.3. The predicted octanol–water partition coefficient (Wildman–Crippen LogP) is 1.70. The Kier molecular flexibility index (Phi) is 5.54. The van der Waals surface area contributed by atoms with Gasteiger partial charge in [0, 0.05) is 19.1 Å².